The van der Waals surface area contributed by atoms with E-state index in [1.165, 1.54) is 5.69 Å². The van der Waals surface area contributed by atoms with Gasteiger partial charge in [-0.2, -0.15) is 5.10 Å². The van der Waals surface area contributed by atoms with Crippen LogP contribution in [0.1, 0.15) is 12.2 Å². The Bertz CT molecular complexity index is 887. The van der Waals surface area contributed by atoms with E-state index in [1.54, 1.807) is 10.9 Å². The predicted molar refractivity (Wildman–Crippen MR) is 99.1 cm³/mol. The average molecular weight is 358 g/mol. The molecule has 1 aliphatic rings. The topological polar surface area (TPSA) is 50.3 Å². The molecular weight excluding hydrogens is 338 g/mol. The third kappa shape index (κ3) is 3.22. The van der Waals surface area contributed by atoms with Crippen molar-refractivity contribution in [3.63, 3.8) is 0 Å². The van der Waals surface area contributed by atoms with Crippen molar-refractivity contribution in [2.75, 3.05) is 29.9 Å². The summed E-state index contributed by atoms with van der Waals surface area (Å²) in [6.45, 7) is 2.62. The monoisotopic (exact) mass is 357 g/mol. The Labute approximate surface area is 151 Å². The summed E-state index contributed by atoms with van der Waals surface area (Å²) in [6, 6.07) is 8.03. The molecule has 7 heteroatoms. The summed E-state index contributed by atoms with van der Waals surface area (Å²) in [5.41, 5.74) is 4.08. The van der Waals surface area contributed by atoms with E-state index in [-0.39, 0.29) is 0 Å². The molecular formula is C18H20ClN5O. The van der Waals surface area contributed by atoms with Gasteiger partial charge in [0.25, 0.3) is 0 Å². The van der Waals surface area contributed by atoms with Crippen molar-refractivity contribution >= 4 is 23.0 Å². The summed E-state index contributed by atoms with van der Waals surface area (Å²) in [7, 11) is 4.00. The third-order valence-electron chi connectivity index (χ3n) is 4.52. The van der Waals surface area contributed by atoms with Gasteiger partial charge in [-0.15, -0.1) is 0 Å². The fraction of sp³-hybridized carbons (Fsp3) is 0.333. The van der Waals surface area contributed by atoms with Crippen LogP contribution in [0.2, 0.25) is 5.02 Å². The van der Waals surface area contributed by atoms with Crippen molar-refractivity contribution in [1.29, 1.82) is 0 Å². The zero-order valence-electron chi connectivity index (χ0n) is 14.3. The van der Waals surface area contributed by atoms with Crippen LogP contribution in [-0.4, -0.2) is 35.1 Å². The number of halogens is 1. The van der Waals surface area contributed by atoms with Crippen LogP contribution >= 0.6 is 11.6 Å². The zero-order chi connectivity index (χ0) is 17.4. The maximum atomic E-state index is 6.24. The lowest BCUT2D eigenvalue weighted by Gasteiger charge is -2.25. The maximum absolute atomic E-state index is 6.24. The van der Waals surface area contributed by atoms with Gasteiger partial charge in [-0.1, -0.05) is 16.8 Å². The fourth-order valence-corrected chi connectivity index (χ4v) is 3.41. The minimum atomic E-state index is 0.661. The molecule has 4 rings (SSSR count). The summed E-state index contributed by atoms with van der Waals surface area (Å²) in [4.78, 5) is 4.57. The number of rotatable bonds is 3. The van der Waals surface area contributed by atoms with Gasteiger partial charge in [0, 0.05) is 50.0 Å². The van der Waals surface area contributed by atoms with Crippen LogP contribution in [0.15, 0.2) is 41.2 Å². The van der Waals surface area contributed by atoms with Crippen molar-refractivity contribution in [3.8, 4) is 11.3 Å². The quantitative estimate of drug-likeness (QED) is 0.717. The molecule has 1 aromatic carbocycles. The Morgan fingerprint density at radius 1 is 1.16 bits per heavy atom. The van der Waals surface area contributed by atoms with E-state index in [1.807, 2.05) is 31.4 Å². The summed E-state index contributed by atoms with van der Waals surface area (Å²) in [5, 5.41) is 9.11. The van der Waals surface area contributed by atoms with Gasteiger partial charge in [0.1, 0.15) is 5.69 Å². The van der Waals surface area contributed by atoms with Gasteiger partial charge >= 0.3 is 0 Å². The van der Waals surface area contributed by atoms with Crippen LogP contribution in [0, 0.1) is 0 Å². The summed E-state index contributed by atoms with van der Waals surface area (Å²) in [6.07, 6.45) is 4.79. The van der Waals surface area contributed by atoms with Gasteiger partial charge in [-0.3, -0.25) is 4.68 Å². The minimum absolute atomic E-state index is 0.661. The molecule has 0 bridgehead atoms. The molecule has 0 amide bonds. The highest BCUT2D eigenvalue weighted by Gasteiger charge is 2.20. The first-order chi connectivity index (χ1) is 12.1. The highest BCUT2D eigenvalue weighted by Crippen LogP contribution is 2.35. The van der Waals surface area contributed by atoms with E-state index < -0.39 is 0 Å². The van der Waals surface area contributed by atoms with E-state index in [0.29, 0.717) is 6.54 Å². The van der Waals surface area contributed by atoms with Gasteiger partial charge in [0.15, 0.2) is 5.76 Å². The maximum Gasteiger partial charge on any atom is 0.156 e. The molecule has 0 radical (unpaired) electrons. The van der Waals surface area contributed by atoms with Crippen LogP contribution in [0.5, 0.6) is 0 Å². The first kappa shape index (κ1) is 16.0. The standard InChI is InChI=1S/C18H20ClN5O/c1-22-6-3-7-24(18-8-14(19)4-5-17(18)22)12-15-9-16(21-25-15)13-10-20-23(2)11-13/h4-5,8-11H,3,6-7,12H2,1-2H3. The predicted octanol–water partition coefficient (Wildman–Crippen LogP) is 3.58. The summed E-state index contributed by atoms with van der Waals surface area (Å²) < 4.78 is 7.33. The van der Waals surface area contributed by atoms with Crippen molar-refractivity contribution in [3.05, 3.63) is 47.4 Å². The Kier molecular flexibility index (Phi) is 4.13. The number of fused-ring (bicyclic) bond motifs is 1. The first-order valence-electron chi connectivity index (χ1n) is 8.30. The molecule has 3 heterocycles. The highest BCUT2D eigenvalue weighted by atomic mass is 35.5. The van der Waals surface area contributed by atoms with E-state index in [2.05, 4.69) is 33.2 Å². The molecule has 0 unspecified atom stereocenters. The third-order valence-corrected chi connectivity index (χ3v) is 4.75. The normalized spacial score (nSPS) is 14.5. The number of nitrogens with zero attached hydrogens (tertiary/aromatic N) is 5. The lowest BCUT2D eigenvalue weighted by Crippen LogP contribution is -2.23. The lowest BCUT2D eigenvalue weighted by molar-refractivity contribution is 0.383. The molecule has 0 saturated carbocycles. The molecule has 1 aliphatic heterocycles. The fourth-order valence-electron chi connectivity index (χ4n) is 3.24. The van der Waals surface area contributed by atoms with Gasteiger partial charge < -0.3 is 14.3 Å². The molecule has 0 fully saturated rings. The van der Waals surface area contributed by atoms with Gasteiger partial charge in [0.05, 0.1) is 24.1 Å². The number of aromatic nitrogens is 3. The van der Waals surface area contributed by atoms with Crippen LogP contribution < -0.4 is 9.80 Å². The second-order valence-corrected chi connectivity index (χ2v) is 6.85. The van der Waals surface area contributed by atoms with Crippen LogP contribution in [0.25, 0.3) is 11.3 Å². The number of hydrogen-bond acceptors (Lipinski definition) is 5. The Morgan fingerprint density at radius 2 is 2.04 bits per heavy atom. The van der Waals surface area contributed by atoms with Crippen molar-refractivity contribution < 1.29 is 4.52 Å². The van der Waals surface area contributed by atoms with Crippen molar-refractivity contribution in [1.82, 2.24) is 14.9 Å². The Balaban J connectivity index is 1.61. The second-order valence-electron chi connectivity index (χ2n) is 6.41. The molecule has 0 spiro atoms. The number of benzene rings is 1. The average Bonchev–Trinajstić information content (AvgIpc) is 3.19. The van der Waals surface area contributed by atoms with Crippen molar-refractivity contribution in [2.24, 2.45) is 7.05 Å². The second kappa shape index (κ2) is 6.44. The molecule has 25 heavy (non-hydrogen) atoms. The van der Waals surface area contributed by atoms with Gasteiger partial charge in [0.2, 0.25) is 0 Å². The van der Waals surface area contributed by atoms with Crippen LogP contribution in [0.4, 0.5) is 11.4 Å². The zero-order valence-corrected chi connectivity index (χ0v) is 15.1. The Hall–Kier alpha value is -2.47. The van der Waals surface area contributed by atoms with Crippen LogP contribution in [0.3, 0.4) is 0 Å². The molecule has 0 atom stereocenters. The number of anilines is 2. The molecule has 0 N–H and O–H groups in total. The van der Waals surface area contributed by atoms with E-state index in [4.69, 9.17) is 16.1 Å². The van der Waals surface area contributed by atoms with E-state index >= 15 is 0 Å². The first-order valence-corrected chi connectivity index (χ1v) is 8.68. The molecule has 130 valence electrons. The Morgan fingerprint density at radius 3 is 2.84 bits per heavy atom. The lowest BCUT2D eigenvalue weighted by atomic mass is 10.2. The number of hydrogen-bond donors (Lipinski definition) is 0. The van der Waals surface area contributed by atoms with Crippen LogP contribution in [-0.2, 0) is 13.6 Å². The summed E-state index contributed by atoms with van der Waals surface area (Å²) in [5.74, 6) is 0.828. The van der Waals surface area contributed by atoms with Gasteiger partial charge in [-0.05, 0) is 24.6 Å². The number of aryl methyl sites for hydroxylation is 1. The molecule has 0 aliphatic carbocycles. The van der Waals surface area contributed by atoms with Gasteiger partial charge in [-0.25, -0.2) is 0 Å². The minimum Gasteiger partial charge on any atom is -0.373 e. The molecule has 3 aromatic rings. The van der Waals surface area contributed by atoms with E-state index in [0.717, 1.165) is 47.2 Å². The highest BCUT2D eigenvalue weighted by molar-refractivity contribution is 6.31. The largest absolute Gasteiger partial charge is 0.373 e. The summed E-state index contributed by atoms with van der Waals surface area (Å²) >= 11 is 6.24. The molecule has 6 nitrogen and oxygen atoms in total. The molecule has 0 saturated heterocycles. The van der Waals surface area contributed by atoms with Crippen molar-refractivity contribution in [2.45, 2.75) is 13.0 Å². The SMILES string of the molecule is CN1CCCN(Cc2cc(-c3cnn(C)c3)no2)c2cc(Cl)ccc21. The molecule has 2 aromatic heterocycles. The smallest absolute Gasteiger partial charge is 0.156 e. The van der Waals surface area contributed by atoms with E-state index in [9.17, 15) is 0 Å².